The summed E-state index contributed by atoms with van der Waals surface area (Å²) in [5.41, 5.74) is 1.15. The highest BCUT2D eigenvalue weighted by Gasteiger charge is 2.21. The van der Waals surface area contributed by atoms with E-state index in [0.29, 0.717) is 25.2 Å². The predicted octanol–water partition coefficient (Wildman–Crippen LogP) is 3.03. The Balaban J connectivity index is 1.86. The third kappa shape index (κ3) is 8.07. The van der Waals surface area contributed by atoms with Gasteiger partial charge in [0.2, 0.25) is 0 Å². The van der Waals surface area contributed by atoms with Crippen LogP contribution in [-0.4, -0.2) is 62.9 Å². The number of rotatable bonds is 10. The second kappa shape index (κ2) is 12.6. The molecular weight excluding hydrogens is 352 g/mol. The molecule has 1 aliphatic rings. The van der Waals surface area contributed by atoms with Crippen molar-refractivity contribution < 1.29 is 9.47 Å². The maximum absolute atomic E-state index is 5.79. The van der Waals surface area contributed by atoms with Crippen molar-refractivity contribution in [3.8, 4) is 5.75 Å². The van der Waals surface area contributed by atoms with Gasteiger partial charge in [-0.3, -0.25) is 0 Å². The first-order chi connectivity index (χ1) is 13.6. The number of ether oxygens (including phenoxy) is 2. The average Bonchev–Trinajstić information content (AvgIpc) is 2.70. The lowest BCUT2D eigenvalue weighted by Crippen LogP contribution is -2.49. The number of nitrogens with one attached hydrogen (secondary N) is 2. The summed E-state index contributed by atoms with van der Waals surface area (Å²) in [6.45, 7) is 11.8. The summed E-state index contributed by atoms with van der Waals surface area (Å²) >= 11 is 0. The van der Waals surface area contributed by atoms with Gasteiger partial charge >= 0.3 is 0 Å². The summed E-state index contributed by atoms with van der Waals surface area (Å²) < 4.78 is 10.8. The Labute approximate surface area is 170 Å². The number of likely N-dealkylation sites (tertiary alicyclic amines) is 1. The molecule has 0 saturated carbocycles. The first kappa shape index (κ1) is 22.5. The van der Waals surface area contributed by atoms with Crippen molar-refractivity contribution in [2.75, 3.05) is 40.0 Å². The number of piperidine rings is 1. The van der Waals surface area contributed by atoms with Gasteiger partial charge in [-0.2, -0.15) is 0 Å². The lowest BCUT2D eigenvalue weighted by molar-refractivity contribution is 0.167. The van der Waals surface area contributed by atoms with E-state index in [0.717, 1.165) is 62.8 Å². The largest absolute Gasteiger partial charge is 0.493 e. The second-order valence-corrected chi connectivity index (χ2v) is 7.59. The van der Waals surface area contributed by atoms with E-state index in [1.165, 1.54) is 0 Å². The van der Waals surface area contributed by atoms with Crippen LogP contribution in [0.25, 0.3) is 0 Å². The SMILES string of the molecule is CCNC(=NCc1cccc(OCCCOC)c1)NC1CCN(C(C)C)CC1. The van der Waals surface area contributed by atoms with Crippen LogP contribution in [0, 0.1) is 0 Å². The monoisotopic (exact) mass is 390 g/mol. The molecule has 28 heavy (non-hydrogen) atoms. The molecular formula is C22H38N4O2. The summed E-state index contributed by atoms with van der Waals surface area (Å²) in [5.74, 6) is 1.79. The van der Waals surface area contributed by atoms with E-state index >= 15 is 0 Å². The zero-order valence-electron chi connectivity index (χ0n) is 18.0. The Morgan fingerprint density at radius 1 is 1.25 bits per heavy atom. The minimum Gasteiger partial charge on any atom is -0.493 e. The van der Waals surface area contributed by atoms with Gasteiger partial charge in [0, 0.05) is 51.9 Å². The summed E-state index contributed by atoms with van der Waals surface area (Å²) in [6.07, 6.45) is 3.21. The molecule has 0 unspecified atom stereocenters. The minimum atomic E-state index is 0.489. The second-order valence-electron chi connectivity index (χ2n) is 7.59. The zero-order chi connectivity index (χ0) is 20.2. The quantitative estimate of drug-likeness (QED) is 0.365. The molecule has 1 heterocycles. The van der Waals surface area contributed by atoms with Crippen LogP contribution in [0.15, 0.2) is 29.3 Å². The number of guanidine groups is 1. The van der Waals surface area contributed by atoms with E-state index in [1.54, 1.807) is 7.11 Å². The Bertz CT molecular complexity index is 584. The molecule has 6 nitrogen and oxygen atoms in total. The number of methoxy groups -OCH3 is 1. The fourth-order valence-electron chi connectivity index (χ4n) is 3.37. The highest BCUT2D eigenvalue weighted by molar-refractivity contribution is 5.80. The molecule has 1 fully saturated rings. The lowest BCUT2D eigenvalue weighted by Gasteiger charge is -2.35. The molecule has 0 amide bonds. The maximum Gasteiger partial charge on any atom is 0.191 e. The van der Waals surface area contributed by atoms with Crippen molar-refractivity contribution in [3.63, 3.8) is 0 Å². The van der Waals surface area contributed by atoms with Gasteiger partial charge in [-0.15, -0.1) is 0 Å². The number of aliphatic imine (C=N–C) groups is 1. The molecule has 0 atom stereocenters. The van der Waals surface area contributed by atoms with Crippen LogP contribution in [-0.2, 0) is 11.3 Å². The smallest absolute Gasteiger partial charge is 0.191 e. The first-order valence-electron chi connectivity index (χ1n) is 10.6. The molecule has 0 aromatic heterocycles. The Morgan fingerprint density at radius 3 is 2.71 bits per heavy atom. The van der Waals surface area contributed by atoms with Gasteiger partial charge in [0.25, 0.3) is 0 Å². The van der Waals surface area contributed by atoms with Crippen LogP contribution in [0.4, 0.5) is 0 Å². The number of hydrogen-bond acceptors (Lipinski definition) is 4. The highest BCUT2D eigenvalue weighted by atomic mass is 16.5. The number of nitrogens with zero attached hydrogens (tertiary/aromatic N) is 2. The molecule has 1 aromatic carbocycles. The van der Waals surface area contributed by atoms with Crippen LogP contribution in [0.3, 0.4) is 0 Å². The molecule has 2 rings (SSSR count). The lowest BCUT2D eigenvalue weighted by atomic mass is 10.0. The van der Waals surface area contributed by atoms with E-state index in [2.05, 4.69) is 48.4 Å². The molecule has 6 heteroatoms. The summed E-state index contributed by atoms with van der Waals surface area (Å²) in [4.78, 5) is 7.33. The van der Waals surface area contributed by atoms with E-state index in [4.69, 9.17) is 14.5 Å². The third-order valence-corrected chi connectivity index (χ3v) is 5.02. The minimum absolute atomic E-state index is 0.489. The van der Waals surface area contributed by atoms with Crippen LogP contribution in [0.1, 0.15) is 45.6 Å². The van der Waals surface area contributed by atoms with Crippen molar-refractivity contribution in [2.24, 2.45) is 4.99 Å². The van der Waals surface area contributed by atoms with E-state index in [9.17, 15) is 0 Å². The fourth-order valence-corrected chi connectivity index (χ4v) is 3.37. The first-order valence-corrected chi connectivity index (χ1v) is 10.6. The molecule has 0 aliphatic carbocycles. The van der Waals surface area contributed by atoms with Crippen molar-refractivity contribution >= 4 is 5.96 Å². The standard InChI is InChI=1S/C22H38N4O2/c1-5-23-22(25-20-10-12-26(13-11-20)18(2)3)24-17-19-8-6-9-21(16-19)28-15-7-14-27-4/h6,8-9,16,18,20H,5,7,10-15,17H2,1-4H3,(H2,23,24,25). The van der Waals surface area contributed by atoms with Crippen molar-refractivity contribution in [1.82, 2.24) is 15.5 Å². The summed E-state index contributed by atoms with van der Waals surface area (Å²) in [6, 6.07) is 9.30. The van der Waals surface area contributed by atoms with Crippen LogP contribution in [0.5, 0.6) is 5.75 Å². The predicted molar refractivity (Wildman–Crippen MR) is 116 cm³/mol. The van der Waals surface area contributed by atoms with Crippen molar-refractivity contribution in [1.29, 1.82) is 0 Å². The van der Waals surface area contributed by atoms with Gasteiger partial charge in [0.15, 0.2) is 5.96 Å². The van der Waals surface area contributed by atoms with Gasteiger partial charge in [0.05, 0.1) is 13.2 Å². The Kier molecular flexibility index (Phi) is 10.1. The van der Waals surface area contributed by atoms with Gasteiger partial charge < -0.3 is 25.0 Å². The van der Waals surface area contributed by atoms with Crippen molar-refractivity contribution in [2.45, 2.75) is 58.7 Å². The van der Waals surface area contributed by atoms with Gasteiger partial charge in [0.1, 0.15) is 5.75 Å². The summed E-state index contributed by atoms with van der Waals surface area (Å²) in [7, 11) is 1.71. The molecule has 2 N–H and O–H groups in total. The van der Waals surface area contributed by atoms with Crippen LogP contribution >= 0.6 is 0 Å². The molecule has 1 aliphatic heterocycles. The maximum atomic E-state index is 5.79. The molecule has 1 saturated heterocycles. The van der Waals surface area contributed by atoms with E-state index in [1.807, 2.05) is 12.1 Å². The Hall–Kier alpha value is -1.79. The average molecular weight is 391 g/mol. The van der Waals surface area contributed by atoms with Crippen molar-refractivity contribution in [3.05, 3.63) is 29.8 Å². The van der Waals surface area contributed by atoms with E-state index in [-0.39, 0.29) is 0 Å². The van der Waals surface area contributed by atoms with Gasteiger partial charge in [-0.05, 0) is 51.3 Å². The molecule has 1 aromatic rings. The normalized spacial score (nSPS) is 16.4. The fraction of sp³-hybridized carbons (Fsp3) is 0.682. The number of benzene rings is 1. The van der Waals surface area contributed by atoms with E-state index < -0.39 is 0 Å². The molecule has 158 valence electrons. The van der Waals surface area contributed by atoms with Crippen LogP contribution in [0.2, 0.25) is 0 Å². The van der Waals surface area contributed by atoms with Gasteiger partial charge in [-0.1, -0.05) is 12.1 Å². The summed E-state index contributed by atoms with van der Waals surface area (Å²) in [5, 5.41) is 6.99. The topological polar surface area (TPSA) is 58.1 Å². The number of hydrogen-bond donors (Lipinski definition) is 2. The highest BCUT2D eigenvalue weighted by Crippen LogP contribution is 2.15. The van der Waals surface area contributed by atoms with Crippen LogP contribution < -0.4 is 15.4 Å². The van der Waals surface area contributed by atoms with Gasteiger partial charge in [-0.25, -0.2) is 4.99 Å². The third-order valence-electron chi connectivity index (χ3n) is 5.02. The molecule has 0 bridgehead atoms. The molecule has 0 spiro atoms. The zero-order valence-corrected chi connectivity index (χ0v) is 18.0. The Morgan fingerprint density at radius 2 is 2.04 bits per heavy atom. The molecule has 0 radical (unpaired) electrons.